The molecule has 0 bridgehead atoms. The summed E-state index contributed by atoms with van der Waals surface area (Å²) in [4.78, 5) is 51.4. The highest BCUT2D eigenvalue weighted by molar-refractivity contribution is 6.38. The third kappa shape index (κ3) is 16.0. The monoisotopic (exact) mass is 824 g/mol. The average Bonchev–Trinajstić information content (AvgIpc) is 2.99. The summed E-state index contributed by atoms with van der Waals surface area (Å²) in [7, 11) is 1.29. The van der Waals surface area contributed by atoms with Gasteiger partial charge < -0.3 is 21.1 Å². The molecule has 3 rings (SSSR count). The normalized spacial score (nSPS) is 11.9. The maximum Gasteiger partial charge on any atom is 0.372 e. The van der Waals surface area contributed by atoms with E-state index in [0.717, 1.165) is 19.3 Å². The molecule has 0 amide bonds. The Morgan fingerprint density at radius 1 is 0.620 bits per heavy atom. The third-order valence-corrected chi connectivity index (χ3v) is 7.08. The number of nitro groups is 3. The number of nitrogens with one attached hydrogen (secondary N) is 2. The van der Waals surface area contributed by atoms with Crippen LogP contribution in [-0.2, 0) is 0 Å². The molecule has 278 valence electrons. The predicted molar refractivity (Wildman–Crippen MR) is 193 cm³/mol. The summed E-state index contributed by atoms with van der Waals surface area (Å²) >= 11 is 32.9. The minimum atomic E-state index is -0.777. The molecule has 19 nitrogen and oxygen atoms in total. The van der Waals surface area contributed by atoms with Gasteiger partial charge in [-0.2, -0.15) is 29.9 Å². The van der Waals surface area contributed by atoms with Gasteiger partial charge in [0, 0.05) is 18.1 Å². The molecule has 4 N–H and O–H groups in total. The average molecular weight is 827 g/mol. The minimum absolute atomic E-state index is 0.0285. The van der Waals surface area contributed by atoms with E-state index in [4.69, 9.17) is 80.1 Å². The second-order valence-electron chi connectivity index (χ2n) is 9.67. The second kappa shape index (κ2) is 23.1. The van der Waals surface area contributed by atoms with Gasteiger partial charge in [-0.05, 0) is 74.8 Å². The number of anilines is 2. The number of ether oxygens (including phenoxy) is 1. The van der Waals surface area contributed by atoms with E-state index in [1.54, 1.807) is 0 Å². The number of rotatable bonds is 11. The summed E-state index contributed by atoms with van der Waals surface area (Å²) in [6.45, 7) is 11.7. The molecule has 0 aliphatic carbocycles. The first-order chi connectivity index (χ1) is 23.2. The van der Waals surface area contributed by atoms with Crippen LogP contribution in [0.5, 0.6) is 5.88 Å². The van der Waals surface area contributed by atoms with Gasteiger partial charge in [-0.3, -0.25) is 30.3 Å². The fourth-order valence-electron chi connectivity index (χ4n) is 2.68. The molecule has 3 heterocycles. The lowest BCUT2D eigenvalue weighted by Gasteiger charge is -2.13. The second-order valence-corrected chi connectivity index (χ2v) is 11.8. The zero-order chi connectivity index (χ0) is 38.9. The third-order valence-electron chi connectivity index (χ3n) is 5.79. The van der Waals surface area contributed by atoms with Crippen LogP contribution in [0.25, 0.3) is 0 Å². The van der Waals surface area contributed by atoms with E-state index in [9.17, 15) is 30.3 Å². The first kappa shape index (κ1) is 46.5. The van der Waals surface area contributed by atoms with Crippen molar-refractivity contribution in [2.45, 2.75) is 78.9 Å². The van der Waals surface area contributed by atoms with E-state index < -0.39 is 20.5 Å². The largest absolute Gasteiger partial charge is 0.476 e. The van der Waals surface area contributed by atoms with Crippen LogP contribution in [0.1, 0.15) is 60.8 Å². The number of aromatic nitrogens is 6. The van der Waals surface area contributed by atoms with Gasteiger partial charge in [-0.25, -0.2) is 0 Å². The first-order valence-electron chi connectivity index (χ1n) is 14.2. The van der Waals surface area contributed by atoms with Crippen LogP contribution in [0.3, 0.4) is 0 Å². The molecule has 3 aromatic rings. The molecule has 0 aliphatic rings. The zero-order valence-electron chi connectivity index (χ0n) is 27.6. The molecule has 50 heavy (non-hydrogen) atoms. The lowest BCUT2D eigenvalue weighted by molar-refractivity contribution is -0.385. The van der Waals surface area contributed by atoms with Crippen LogP contribution in [0.15, 0.2) is 0 Å². The van der Waals surface area contributed by atoms with Crippen molar-refractivity contribution >= 4 is 98.3 Å². The van der Waals surface area contributed by atoms with Gasteiger partial charge in [-0.1, -0.05) is 55.6 Å². The van der Waals surface area contributed by atoms with E-state index >= 15 is 0 Å². The van der Waals surface area contributed by atoms with Crippen molar-refractivity contribution in [3.63, 3.8) is 0 Å². The van der Waals surface area contributed by atoms with E-state index in [1.165, 1.54) is 7.11 Å². The summed E-state index contributed by atoms with van der Waals surface area (Å²) in [5.74, 6) is -0.0358. The van der Waals surface area contributed by atoms with E-state index in [1.807, 2.05) is 34.6 Å². The fourth-order valence-corrected chi connectivity index (χ4v) is 4.07. The van der Waals surface area contributed by atoms with Crippen LogP contribution in [0.4, 0.5) is 28.7 Å². The smallest absolute Gasteiger partial charge is 0.372 e. The van der Waals surface area contributed by atoms with Gasteiger partial charge in [0.15, 0.2) is 0 Å². The molecule has 0 radical (unpaired) electrons. The van der Waals surface area contributed by atoms with E-state index in [-0.39, 0.29) is 72.3 Å². The van der Waals surface area contributed by atoms with Crippen molar-refractivity contribution in [2.24, 2.45) is 5.73 Å². The quantitative estimate of drug-likeness (QED) is 0.0710. The van der Waals surface area contributed by atoms with Crippen molar-refractivity contribution in [3.05, 3.63) is 61.7 Å². The number of halogens is 6. The van der Waals surface area contributed by atoms with E-state index in [2.05, 4.69) is 47.5 Å². The van der Waals surface area contributed by atoms with E-state index in [0.29, 0.717) is 6.04 Å². The molecule has 25 heteroatoms. The minimum Gasteiger partial charge on any atom is -0.476 e. The summed E-state index contributed by atoms with van der Waals surface area (Å²) < 4.78 is 4.83. The summed E-state index contributed by atoms with van der Waals surface area (Å²) in [6.07, 6.45) is 2.66. The van der Waals surface area contributed by atoms with Gasteiger partial charge >= 0.3 is 22.9 Å². The van der Waals surface area contributed by atoms with Crippen molar-refractivity contribution in [1.82, 2.24) is 29.9 Å². The highest BCUT2D eigenvalue weighted by atomic mass is 35.5. The Labute approximate surface area is 316 Å². The number of nitrogens with two attached hydrogens (primary N) is 1. The molecule has 3 aromatic heterocycles. The van der Waals surface area contributed by atoms with Gasteiger partial charge in [0.1, 0.15) is 0 Å². The SMILES string of the molecule is CC[C@@H](C)N.CC[C@@H](C)Nc1nc(Cl)nc(Cl)c1[N+](=O)[O-].CC[C@@H](C)Nc1nc(Cl)nc(OC)c1[N+](=O)[O-].O=[N+]([O-])c1c(Cl)nc(Cl)nc1Cl. The predicted octanol–water partition coefficient (Wildman–Crippen LogP) is 8.25. The molecule has 3 atom stereocenters. The Balaban J connectivity index is 0.000000681. The maximum atomic E-state index is 10.9. The number of hydrogen-bond donors (Lipinski definition) is 3. The highest BCUT2D eigenvalue weighted by Gasteiger charge is 2.27. The van der Waals surface area contributed by atoms with Gasteiger partial charge in [0.25, 0.3) is 0 Å². The number of nitrogens with zero attached hydrogens (tertiary/aromatic N) is 9. The Hall–Kier alpha value is -3.46. The lowest BCUT2D eigenvalue weighted by atomic mass is 10.2. The molecule has 0 aliphatic heterocycles. The zero-order valence-corrected chi connectivity index (χ0v) is 32.1. The van der Waals surface area contributed by atoms with Crippen LogP contribution >= 0.6 is 69.6 Å². The Morgan fingerprint density at radius 2 is 0.940 bits per heavy atom. The Morgan fingerprint density at radius 3 is 1.26 bits per heavy atom. The van der Waals surface area contributed by atoms with Crippen LogP contribution < -0.4 is 21.1 Å². The van der Waals surface area contributed by atoms with Crippen molar-refractivity contribution in [3.8, 4) is 5.88 Å². The molecule has 0 fully saturated rings. The molecule has 0 unspecified atom stereocenters. The van der Waals surface area contributed by atoms with Crippen molar-refractivity contribution in [2.75, 3.05) is 17.7 Å². The van der Waals surface area contributed by atoms with Crippen LogP contribution in [0.2, 0.25) is 31.3 Å². The van der Waals surface area contributed by atoms with Gasteiger partial charge in [-0.15, -0.1) is 0 Å². The summed E-state index contributed by atoms with van der Waals surface area (Å²) in [5, 5.41) is 36.3. The first-order valence-corrected chi connectivity index (χ1v) is 16.5. The maximum absolute atomic E-state index is 10.9. The van der Waals surface area contributed by atoms with Gasteiger partial charge in [0.05, 0.1) is 21.9 Å². The summed E-state index contributed by atoms with van der Waals surface area (Å²) in [5.41, 5.74) is 4.09. The molecular formula is C25H34Cl6N12O7. The molecule has 0 spiro atoms. The Bertz CT molecular complexity index is 1590. The lowest BCUT2D eigenvalue weighted by Crippen LogP contribution is -2.16. The molecule has 0 saturated heterocycles. The number of hydrogen-bond acceptors (Lipinski definition) is 16. The summed E-state index contributed by atoms with van der Waals surface area (Å²) in [6, 6.07) is 0.445. The highest BCUT2D eigenvalue weighted by Crippen LogP contribution is 2.34. The van der Waals surface area contributed by atoms with Crippen LogP contribution in [0, 0.1) is 30.3 Å². The Kier molecular flexibility index (Phi) is 21.5. The fraction of sp³-hybridized carbons (Fsp3) is 0.520. The molecule has 0 aromatic carbocycles. The molecule has 0 saturated carbocycles. The number of methoxy groups -OCH3 is 1. The van der Waals surface area contributed by atoms with Crippen molar-refractivity contribution in [1.29, 1.82) is 0 Å². The van der Waals surface area contributed by atoms with Gasteiger partial charge in [0.2, 0.25) is 42.9 Å². The topological polar surface area (TPSA) is 266 Å². The molecular weight excluding hydrogens is 793 g/mol. The standard InChI is InChI=1S/C9H13ClN4O3.C8H10Cl2N4O2.C4Cl3N3O2.C4H11N/c1-4-5(2)11-7-6(14(15)16)8(17-3)13-9(10)12-7;1-3-4(2)11-7-5(14(15)16)6(9)12-8(10)13-7;5-2-1(10(11)12)3(6)9-4(7)8-2;1-3-4(2)5/h5H,4H2,1-3H3,(H,11,12,13);4H,3H2,1-2H3,(H,11,12,13);;4H,3,5H2,1-2H3/t5-;4-;;4-/m11.1/s1. The van der Waals surface area contributed by atoms with Crippen LogP contribution in [-0.4, -0.2) is 69.9 Å². The van der Waals surface area contributed by atoms with Crippen molar-refractivity contribution < 1.29 is 19.5 Å².